The topological polar surface area (TPSA) is 86.1 Å². The van der Waals surface area contributed by atoms with Gasteiger partial charge in [0, 0.05) is 16.1 Å². The number of aromatic nitrogens is 3. The number of rotatable bonds is 10. The Kier molecular flexibility index (Phi) is 8.36. The van der Waals surface area contributed by atoms with Gasteiger partial charge in [0.15, 0.2) is 5.65 Å². The van der Waals surface area contributed by atoms with Crippen molar-refractivity contribution >= 4 is 55.8 Å². The maximum atomic E-state index is 13.4. The maximum Gasteiger partial charge on any atom is 0.344 e. The first-order valence-corrected chi connectivity index (χ1v) is 13.3. The molecule has 0 aliphatic carbocycles. The van der Waals surface area contributed by atoms with E-state index in [9.17, 15) is 9.59 Å². The van der Waals surface area contributed by atoms with E-state index in [1.54, 1.807) is 25.1 Å². The molecule has 1 unspecified atom stereocenters. The van der Waals surface area contributed by atoms with Crippen LogP contribution in [-0.4, -0.2) is 33.0 Å². The second-order valence-electron chi connectivity index (χ2n) is 8.72. The molecule has 0 spiro atoms. The van der Waals surface area contributed by atoms with Gasteiger partial charge in [-0.15, -0.1) is 0 Å². The van der Waals surface area contributed by atoms with Crippen molar-refractivity contribution in [3.63, 3.8) is 0 Å². The van der Waals surface area contributed by atoms with Gasteiger partial charge in [-0.2, -0.15) is 0 Å². The summed E-state index contributed by atoms with van der Waals surface area (Å²) in [4.78, 5) is 36.5. The standard InChI is InChI=1S/C28H31BrN4O3/c1-4-7-8-14-20(5-2)33-25(32-27(34)18-12-11-13-19(29)17-18)23(28(35)36-6-3)24-26(33)31-22-16-10-9-15-21(22)30-24/h9-13,15-17,20H,4-8,14H2,1-3H3,(H,32,34). The molecule has 0 radical (unpaired) electrons. The summed E-state index contributed by atoms with van der Waals surface area (Å²) in [7, 11) is 0. The lowest BCUT2D eigenvalue weighted by Crippen LogP contribution is -2.20. The summed E-state index contributed by atoms with van der Waals surface area (Å²) >= 11 is 3.43. The van der Waals surface area contributed by atoms with Crippen molar-refractivity contribution in [1.82, 2.24) is 14.5 Å². The van der Waals surface area contributed by atoms with E-state index in [4.69, 9.17) is 14.7 Å². The van der Waals surface area contributed by atoms with E-state index in [1.165, 1.54) is 0 Å². The largest absolute Gasteiger partial charge is 0.462 e. The van der Waals surface area contributed by atoms with Crippen molar-refractivity contribution in [3.8, 4) is 0 Å². The quantitative estimate of drug-likeness (QED) is 0.165. The van der Waals surface area contributed by atoms with Crippen LogP contribution in [0.15, 0.2) is 53.0 Å². The van der Waals surface area contributed by atoms with Crippen LogP contribution in [-0.2, 0) is 4.74 Å². The molecule has 2 aromatic heterocycles. The van der Waals surface area contributed by atoms with Gasteiger partial charge in [-0.25, -0.2) is 14.8 Å². The molecule has 0 aliphatic heterocycles. The summed E-state index contributed by atoms with van der Waals surface area (Å²) < 4.78 is 8.23. The van der Waals surface area contributed by atoms with E-state index in [0.717, 1.165) is 42.1 Å². The molecule has 0 saturated heterocycles. The van der Waals surface area contributed by atoms with E-state index < -0.39 is 5.97 Å². The number of ether oxygens (including phenoxy) is 1. The van der Waals surface area contributed by atoms with Gasteiger partial charge in [0.2, 0.25) is 0 Å². The normalized spacial score (nSPS) is 12.1. The van der Waals surface area contributed by atoms with Gasteiger partial charge in [-0.05, 0) is 50.1 Å². The minimum atomic E-state index is -0.529. The zero-order chi connectivity index (χ0) is 25.7. The SMILES string of the molecule is CCCCCC(CC)n1c(NC(=O)c2cccc(Br)c2)c(C(=O)OCC)c2nc3ccccc3nc21. The molecule has 7 nitrogen and oxygen atoms in total. The number of esters is 1. The molecule has 36 heavy (non-hydrogen) atoms. The van der Waals surface area contributed by atoms with Gasteiger partial charge >= 0.3 is 5.97 Å². The number of benzene rings is 2. The van der Waals surface area contributed by atoms with Crippen LogP contribution in [0.2, 0.25) is 0 Å². The Morgan fingerprint density at radius 2 is 1.78 bits per heavy atom. The second-order valence-corrected chi connectivity index (χ2v) is 9.64. The van der Waals surface area contributed by atoms with Crippen LogP contribution in [0.25, 0.3) is 22.2 Å². The van der Waals surface area contributed by atoms with Crippen molar-refractivity contribution in [2.45, 2.75) is 58.9 Å². The third-order valence-corrected chi connectivity index (χ3v) is 6.76. The highest BCUT2D eigenvalue weighted by atomic mass is 79.9. The van der Waals surface area contributed by atoms with Crippen LogP contribution >= 0.6 is 15.9 Å². The summed E-state index contributed by atoms with van der Waals surface area (Å²) in [6.45, 7) is 6.25. The van der Waals surface area contributed by atoms with Crippen LogP contribution in [0.1, 0.15) is 79.6 Å². The van der Waals surface area contributed by atoms with Crippen LogP contribution in [0.4, 0.5) is 5.82 Å². The molecule has 8 heteroatoms. The number of nitrogens with zero attached hydrogens (tertiary/aromatic N) is 3. The van der Waals surface area contributed by atoms with E-state index in [-0.39, 0.29) is 24.1 Å². The molecule has 2 aromatic carbocycles. The van der Waals surface area contributed by atoms with Crippen molar-refractivity contribution < 1.29 is 14.3 Å². The van der Waals surface area contributed by atoms with Crippen LogP contribution in [0, 0.1) is 0 Å². The molecular formula is C28H31BrN4O3. The second kappa shape index (κ2) is 11.6. The van der Waals surface area contributed by atoms with E-state index >= 15 is 0 Å². The van der Waals surface area contributed by atoms with E-state index in [2.05, 4.69) is 35.1 Å². The highest BCUT2D eigenvalue weighted by molar-refractivity contribution is 9.10. The van der Waals surface area contributed by atoms with Crippen molar-refractivity contribution in [2.24, 2.45) is 0 Å². The van der Waals surface area contributed by atoms with Crippen LogP contribution in [0.5, 0.6) is 0 Å². The summed E-state index contributed by atoms with van der Waals surface area (Å²) in [6, 6.07) is 14.7. The minimum Gasteiger partial charge on any atom is -0.462 e. The summed E-state index contributed by atoms with van der Waals surface area (Å²) in [5.41, 5.74) is 3.13. The first-order valence-electron chi connectivity index (χ1n) is 12.5. The number of carbonyl (C=O) groups excluding carboxylic acids is 2. The Hall–Kier alpha value is -3.26. The van der Waals surface area contributed by atoms with Crippen LogP contribution < -0.4 is 5.32 Å². The number of amides is 1. The third kappa shape index (κ3) is 5.28. The molecule has 188 valence electrons. The molecule has 1 atom stereocenters. The predicted molar refractivity (Wildman–Crippen MR) is 147 cm³/mol. The predicted octanol–water partition coefficient (Wildman–Crippen LogP) is 7.31. The fourth-order valence-electron chi connectivity index (χ4n) is 4.49. The molecule has 0 saturated carbocycles. The first kappa shape index (κ1) is 25.8. The number of nitrogens with one attached hydrogen (secondary N) is 1. The molecular weight excluding hydrogens is 520 g/mol. The third-order valence-electron chi connectivity index (χ3n) is 6.27. The fraction of sp³-hybridized carbons (Fsp3) is 0.357. The number of para-hydroxylation sites is 2. The van der Waals surface area contributed by atoms with Gasteiger partial charge in [-0.1, -0.05) is 67.2 Å². The van der Waals surface area contributed by atoms with Gasteiger partial charge in [0.05, 0.1) is 17.6 Å². The highest BCUT2D eigenvalue weighted by Gasteiger charge is 2.30. The lowest BCUT2D eigenvalue weighted by atomic mass is 10.1. The molecule has 0 fully saturated rings. The van der Waals surface area contributed by atoms with E-state index in [1.807, 2.05) is 34.9 Å². The Bertz CT molecular complexity index is 1400. The minimum absolute atomic E-state index is 0.0236. The van der Waals surface area contributed by atoms with Crippen molar-refractivity contribution in [1.29, 1.82) is 0 Å². The molecule has 4 rings (SSSR count). The number of anilines is 1. The summed E-state index contributed by atoms with van der Waals surface area (Å²) in [6.07, 6.45) is 4.95. The monoisotopic (exact) mass is 550 g/mol. The first-order chi connectivity index (χ1) is 17.5. The Morgan fingerprint density at radius 1 is 1.03 bits per heavy atom. The number of unbranched alkanes of at least 4 members (excludes halogenated alkanes) is 2. The fourth-order valence-corrected chi connectivity index (χ4v) is 4.89. The van der Waals surface area contributed by atoms with Gasteiger partial charge in [0.25, 0.3) is 5.91 Å². The Labute approximate surface area is 219 Å². The lowest BCUT2D eigenvalue weighted by Gasteiger charge is -2.22. The van der Waals surface area contributed by atoms with Crippen molar-refractivity contribution in [3.05, 3.63) is 64.1 Å². The number of hydrogen-bond acceptors (Lipinski definition) is 5. The zero-order valence-corrected chi connectivity index (χ0v) is 22.5. The van der Waals surface area contributed by atoms with Gasteiger partial charge in [-0.3, -0.25) is 4.79 Å². The number of hydrogen-bond donors (Lipinski definition) is 1. The van der Waals surface area contributed by atoms with E-state index in [0.29, 0.717) is 28.1 Å². The zero-order valence-electron chi connectivity index (χ0n) is 20.9. The Balaban J connectivity index is 1.97. The molecule has 0 bridgehead atoms. The van der Waals surface area contributed by atoms with Crippen molar-refractivity contribution in [2.75, 3.05) is 11.9 Å². The molecule has 1 amide bonds. The number of fused-ring (bicyclic) bond motifs is 2. The van der Waals surface area contributed by atoms with Gasteiger partial charge in [0.1, 0.15) is 16.9 Å². The summed E-state index contributed by atoms with van der Waals surface area (Å²) in [5.74, 6) is -0.468. The molecule has 2 heterocycles. The maximum absolute atomic E-state index is 13.4. The molecule has 4 aromatic rings. The van der Waals surface area contributed by atoms with Crippen LogP contribution in [0.3, 0.4) is 0 Å². The smallest absolute Gasteiger partial charge is 0.344 e. The molecule has 0 aliphatic rings. The average molecular weight is 551 g/mol. The number of halogens is 1. The molecule has 1 N–H and O–H groups in total. The van der Waals surface area contributed by atoms with Gasteiger partial charge < -0.3 is 14.6 Å². The Morgan fingerprint density at radius 3 is 2.44 bits per heavy atom. The lowest BCUT2D eigenvalue weighted by molar-refractivity contribution is 0.0529. The highest BCUT2D eigenvalue weighted by Crippen LogP contribution is 2.36. The average Bonchev–Trinajstić information content (AvgIpc) is 3.17. The summed E-state index contributed by atoms with van der Waals surface area (Å²) in [5, 5.41) is 3.03. The number of carbonyl (C=O) groups is 2.